The number of carbonyl (C=O) groups is 2. The minimum atomic E-state index is -4.95. The van der Waals surface area contributed by atoms with E-state index in [0.29, 0.717) is 5.56 Å². The predicted molar refractivity (Wildman–Crippen MR) is 53.3 cm³/mol. The molecule has 1 aromatic rings. The molecule has 0 aliphatic rings. The van der Waals surface area contributed by atoms with E-state index < -0.39 is 19.6 Å². The van der Waals surface area contributed by atoms with E-state index in [4.69, 9.17) is 9.79 Å². The molecule has 0 saturated carbocycles. The van der Waals surface area contributed by atoms with Crippen LogP contribution in [0.15, 0.2) is 30.3 Å². The normalized spacial score (nSPS) is 10.9. The maximum absolute atomic E-state index is 11.2. The average molecular weight is 244 g/mol. The van der Waals surface area contributed by atoms with Gasteiger partial charge in [0.1, 0.15) is 0 Å². The average Bonchev–Trinajstić information content (AvgIpc) is 2.16. The Hall–Kier alpha value is -1.49. The summed E-state index contributed by atoms with van der Waals surface area (Å²) in [6.45, 7) is 0. The minimum absolute atomic E-state index is 0.250. The lowest BCUT2D eigenvalue weighted by molar-refractivity contribution is -0.147. The zero-order valence-corrected chi connectivity index (χ0v) is 8.96. The summed E-state index contributed by atoms with van der Waals surface area (Å²) in [5, 5.41) is 0. The fourth-order valence-corrected chi connectivity index (χ4v) is 1.33. The third kappa shape index (κ3) is 4.35. The van der Waals surface area contributed by atoms with Crippen molar-refractivity contribution >= 4 is 19.6 Å². The molecular formula is C9H9O6P. The maximum Gasteiger partial charge on any atom is 0.527 e. The zero-order valence-electron chi connectivity index (χ0n) is 8.07. The molecule has 0 aliphatic heterocycles. The molecule has 86 valence electrons. The highest BCUT2D eigenvalue weighted by Gasteiger charge is 2.25. The van der Waals surface area contributed by atoms with Crippen LogP contribution in [0, 0.1) is 0 Å². The van der Waals surface area contributed by atoms with Gasteiger partial charge in [0.05, 0.1) is 0 Å². The molecule has 0 bridgehead atoms. The first-order valence-electron chi connectivity index (χ1n) is 4.25. The summed E-state index contributed by atoms with van der Waals surface area (Å²) in [4.78, 5) is 38.7. The number of ketones is 1. The highest BCUT2D eigenvalue weighted by atomic mass is 31.2. The van der Waals surface area contributed by atoms with Crippen molar-refractivity contribution in [3.63, 3.8) is 0 Å². The fraction of sp³-hybridized carbons (Fsp3) is 0.111. The third-order valence-electron chi connectivity index (χ3n) is 1.64. The third-order valence-corrected chi connectivity index (χ3v) is 2.04. The second-order valence-corrected chi connectivity index (χ2v) is 4.12. The van der Waals surface area contributed by atoms with Gasteiger partial charge < -0.3 is 4.52 Å². The molecular weight excluding hydrogens is 235 g/mol. The second-order valence-electron chi connectivity index (χ2n) is 2.95. The van der Waals surface area contributed by atoms with Gasteiger partial charge in [-0.15, -0.1) is 0 Å². The molecule has 0 fully saturated rings. The number of hydrogen-bond acceptors (Lipinski definition) is 4. The molecule has 0 amide bonds. The number of phosphoric ester groups is 1. The van der Waals surface area contributed by atoms with E-state index in [0.717, 1.165) is 0 Å². The quantitative estimate of drug-likeness (QED) is 0.588. The Morgan fingerprint density at radius 3 is 2.25 bits per heavy atom. The van der Waals surface area contributed by atoms with Crippen molar-refractivity contribution in [3.05, 3.63) is 35.9 Å². The molecule has 6 nitrogen and oxygen atoms in total. The summed E-state index contributed by atoms with van der Waals surface area (Å²) in [6.07, 6.45) is -0.250. The van der Waals surface area contributed by atoms with Gasteiger partial charge in [0, 0.05) is 6.42 Å². The first-order chi connectivity index (χ1) is 7.38. The van der Waals surface area contributed by atoms with E-state index in [1.54, 1.807) is 30.3 Å². The van der Waals surface area contributed by atoms with Crippen LogP contribution >= 0.6 is 7.82 Å². The molecule has 1 rings (SSSR count). The number of Topliss-reactive ketones (excluding diaryl/α,β-unsaturated/α-hetero) is 1. The molecule has 1 aromatic carbocycles. The number of benzene rings is 1. The van der Waals surface area contributed by atoms with Gasteiger partial charge >= 0.3 is 13.8 Å². The summed E-state index contributed by atoms with van der Waals surface area (Å²) in [5.41, 5.74) is 0.565. The summed E-state index contributed by atoms with van der Waals surface area (Å²) in [7, 11) is -4.95. The van der Waals surface area contributed by atoms with Crippen LogP contribution in [0.1, 0.15) is 5.56 Å². The standard InChI is InChI=1S/C9H9O6P/c10-8(9(11)15-16(12,13)14)6-7-4-2-1-3-5-7/h1-5H,6H2,(H2,12,13,14). The van der Waals surface area contributed by atoms with Gasteiger partial charge in [0.15, 0.2) is 0 Å². The van der Waals surface area contributed by atoms with Crippen LogP contribution in [0.5, 0.6) is 0 Å². The van der Waals surface area contributed by atoms with Crippen LogP contribution in [-0.2, 0) is 25.1 Å². The highest BCUT2D eigenvalue weighted by molar-refractivity contribution is 7.47. The van der Waals surface area contributed by atoms with Gasteiger partial charge in [-0.25, -0.2) is 9.36 Å². The lowest BCUT2D eigenvalue weighted by Crippen LogP contribution is -2.18. The highest BCUT2D eigenvalue weighted by Crippen LogP contribution is 2.35. The van der Waals surface area contributed by atoms with Gasteiger partial charge in [-0.2, -0.15) is 0 Å². The molecule has 0 atom stereocenters. The van der Waals surface area contributed by atoms with Crippen molar-refractivity contribution < 1.29 is 28.5 Å². The van der Waals surface area contributed by atoms with Crippen LogP contribution in [0.3, 0.4) is 0 Å². The monoisotopic (exact) mass is 244 g/mol. The van der Waals surface area contributed by atoms with Crippen LogP contribution < -0.4 is 0 Å². The van der Waals surface area contributed by atoms with E-state index >= 15 is 0 Å². The molecule has 0 spiro atoms. The van der Waals surface area contributed by atoms with Gasteiger partial charge in [-0.3, -0.25) is 14.6 Å². The number of phosphoric acid groups is 1. The Balaban J connectivity index is 2.60. The summed E-state index contributed by atoms with van der Waals surface area (Å²) >= 11 is 0. The van der Waals surface area contributed by atoms with Crippen molar-refractivity contribution in [1.29, 1.82) is 0 Å². The molecule has 7 heteroatoms. The molecule has 0 aromatic heterocycles. The first-order valence-corrected chi connectivity index (χ1v) is 5.78. The second kappa shape index (κ2) is 5.03. The lowest BCUT2D eigenvalue weighted by atomic mass is 10.1. The van der Waals surface area contributed by atoms with Crippen LogP contribution in [0.2, 0.25) is 0 Å². The first kappa shape index (κ1) is 12.6. The van der Waals surface area contributed by atoms with Crippen molar-refractivity contribution in [2.45, 2.75) is 6.42 Å². The Bertz CT molecular complexity index is 435. The Labute approximate surface area is 91.1 Å². The number of hydrogen-bond donors (Lipinski definition) is 2. The minimum Gasteiger partial charge on any atom is -0.365 e. The Kier molecular flexibility index (Phi) is 3.95. The van der Waals surface area contributed by atoms with E-state index in [1.165, 1.54) is 0 Å². The van der Waals surface area contributed by atoms with Crippen molar-refractivity contribution in [1.82, 2.24) is 0 Å². The molecule has 0 unspecified atom stereocenters. The fourth-order valence-electron chi connectivity index (χ4n) is 1.01. The van der Waals surface area contributed by atoms with Crippen LogP contribution in [-0.4, -0.2) is 21.5 Å². The van der Waals surface area contributed by atoms with E-state index in [9.17, 15) is 14.2 Å². The smallest absolute Gasteiger partial charge is 0.365 e. The Morgan fingerprint density at radius 1 is 1.19 bits per heavy atom. The molecule has 2 N–H and O–H groups in total. The van der Waals surface area contributed by atoms with Gasteiger partial charge in [-0.05, 0) is 5.56 Å². The lowest BCUT2D eigenvalue weighted by Gasteiger charge is -2.04. The van der Waals surface area contributed by atoms with E-state index in [1.807, 2.05) is 0 Å². The molecule has 0 radical (unpaired) electrons. The topological polar surface area (TPSA) is 101 Å². The van der Waals surface area contributed by atoms with Gasteiger partial charge in [-0.1, -0.05) is 30.3 Å². The number of carbonyl (C=O) groups excluding carboxylic acids is 2. The summed E-state index contributed by atoms with van der Waals surface area (Å²) in [5.74, 6) is -2.54. The maximum atomic E-state index is 11.2. The SMILES string of the molecule is O=C(Cc1ccccc1)C(=O)OP(=O)(O)O. The van der Waals surface area contributed by atoms with Crippen molar-refractivity contribution in [2.24, 2.45) is 0 Å². The van der Waals surface area contributed by atoms with E-state index in [-0.39, 0.29) is 6.42 Å². The Morgan fingerprint density at radius 2 is 1.75 bits per heavy atom. The van der Waals surface area contributed by atoms with Gasteiger partial charge in [0.2, 0.25) is 5.78 Å². The molecule has 0 saturated heterocycles. The van der Waals surface area contributed by atoms with Gasteiger partial charge in [0.25, 0.3) is 0 Å². The predicted octanol–water partition coefficient (Wildman–Crippen LogP) is 0.434. The summed E-state index contributed by atoms with van der Waals surface area (Å²) in [6, 6.07) is 8.32. The molecule has 0 aliphatic carbocycles. The van der Waals surface area contributed by atoms with E-state index in [2.05, 4.69) is 4.52 Å². The van der Waals surface area contributed by atoms with Crippen LogP contribution in [0.25, 0.3) is 0 Å². The summed E-state index contributed by atoms with van der Waals surface area (Å²) < 4.78 is 13.9. The zero-order chi connectivity index (χ0) is 12.2. The number of rotatable bonds is 4. The molecule has 16 heavy (non-hydrogen) atoms. The van der Waals surface area contributed by atoms with Crippen molar-refractivity contribution in [3.8, 4) is 0 Å². The van der Waals surface area contributed by atoms with Crippen LogP contribution in [0.4, 0.5) is 0 Å². The van der Waals surface area contributed by atoms with Crippen molar-refractivity contribution in [2.75, 3.05) is 0 Å². The largest absolute Gasteiger partial charge is 0.527 e. The molecule has 0 heterocycles.